The topological polar surface area (TPSA) is 95.7 Å². The number of carboxylic acids is 1. The van der Waals surface area contributed by atoms with Gasteiger partial charge in [0.25, 0.3) is 0 Å². The second-order valence-electron chi connectivity index (χ2n) is 5.36. The van der Waals surface area contributed by atoms with Crippen LogP contribution < -0.4 is 11.1 Å². The Hall–Kier alpha value is -2.08. The predicted molar refractivity (Wildman–Crippen MR) is 80.2 cm³/mol. The molecule has 1 unspecified atom stereocenters. The van der Waals surface area contributed by atoms with E-state index in [9.17, 15) is 9.59 Å². The number of carbonyl (C=O) groups is 2. The van der Waals surface area contributed by atoms with Crippen molar-refractivity contribution in [2.24, 2.45) is 11.7 Å². The number of nitrogens with zero attached hydrogens (tertiary/aromatic N) is 1. The summed E-state index contributed by atoms with van der Waals surface area (Å²) in [5.74, 6) is -0.438. The van der Waals surface area contributed by atoms with Crippen LogP contribution in [0.1, 0.15) is 18.4 Å². The number of likely N-dealkylation sites (tertiary alicyclic amines) is 1. The number of benzene rings is 1. The van der Waals surface area contributed by atoms with Crippen LogP contribution in [0.4, 0.5) is 10.5 Å². The van der Waals surface area contributed by atoms with Crippen molar-refractivity contribution in [3.63, 3.8) is 0 Å². The molecule has 1 heterocycles. The van der Waals surface area contributed by atoms with E-state index in [-0.39, 0.29) is 12.5 Å². The average Bonchev–Trinajstić information content (AvgIpc) is 2.94. The van der Waals surface area contributed by atoms with Gasteiger partial charge in [0.2, 0.25) is 0 Å². The monoisotopic (exact) mass is 291 g/mol. The Morgan fingerprint density at radius 3 is 2.90 bits per heavy atom. The largest absolute Gasteiger partial charge is 0.481 e. The van der Waals surface area contributed by atoms with Gasteiger partial charge >= 0.3 is 12.0 Å². The molecule has 1 aromatic rings. The molecule has 2 amide bonds. The molecule has 0 bridgehead atoms. The zero-order valence-corrected chi connectivity index (χ0v) is 11.9. The van der Waals surface area contributed by atoms with Crippen molar-refractivity contribution in [1.82, 2.24) is 4.90 Å². The van der Waals surface area contributed by atoms with Gasteiger partial charge in [-0.2, -0.15) is 0 Å². The maximum absolute atomic E-state index is 12.1. The summed E-state index contributed by atoms with van der Waals surface area (Å²) in [5.41, 5.74) is 7.21. The van der Waals surface area contributed by atoms with E-state index in [0.717, 1.165) is 18.5 Å². The Balaban J connectivity index is 1.91. The van der Waals surface area contributed by atoms with Crippen LogP contribution in [0.3, 0.4) is 0 Å². The van der Waals surface area contributed by atoms with Gasteiger partial charge in [0.15, 0.2) is 0 Å². The highest BCUT2D eigenvalue weighted by Crippen LogP contribution is 2.17. The van der Waals surface area contributed by atoms with Gasteiger partial charge in [-0.25, -0.2) is 4.79 Å². The fourth-order valence-corrected chi connectivity index (χ4v) is 2.47. The Bertz CT molecular complexity index is 519. The molecule has 1 atom stereocenters. The number of hydrogen-bond donors (Lipinski definition) is 3. The number of amides is 2. The summed E-state index contributed by atoms with van der Waals surface area (Å²) >= 11 is 0. The molecule has 1 fully saturated rings. The van der Waals surface area contributed by atoms with E-state index in [1.807, 2.05) is 18.2 Å². The van der Waals surface area contributed by atoms with Crippen molar-refractivity contribution < 1.29 is 14.7 Å². The van der Waals surface area contributed by atoms with Crippen molar-refractivity contribution >= 4 is 17.7 Å². The maximum Gasteiger partial charge on any atom is 0.321 e. The number of urea groups is 1. The highest BCUT2D eigenvalue weighted by molar-refractivity contribution is 5.89. The first kappa shape index (κ1) is 15.3. The Morgan fingerprint density at radius 2 is 2.24 bits per heavy atom. The molecule has 1 aliphatic heterocycles. The standard InChI is InChI=1S/C15H21N3O3/c16-9-12-6-7-18(10-12)15(21)17-13-3-1-2-11(8-13)4-5-14(19)20/h1-3,8,12H,4-7,9-10,16H2,(H,17,21)(H,19,20). The number of aliphatic carboxylic acids is 1. The molecule has 4 N–H and O–H groups in total. The van der Waals surface area contributed by atoms with E-state index < -0.39 is 5.97 Å². The smallest absolute Gasteiger partial charge is 0.321 e. The molecule has 1 saturated heterocycles. The summed E-state index contributed by atoms with van der Waals surface area (Å²) < 4.78 is 0. The molecule has 2 rings (SSSR count). The highest BCUT2D eigenvalue weighted by atomic mass is 16.4. The number of anilines is 1. The SMILES string of the molecule is NCC1CCN(C(=O)Nc2cccc(CCC(=O)O)c2)C1. The third kappa shape index (κ3) is 4.46. The maximum atomic E-state index is 12.1. The van der Waals surface area contributed by atoms with Gasteiger partial charge in [-0.3, -0.25) is 4.79 Å². The Kier molecular flexibility index (Phi) is 5.16. The van der Waals surface area contributed by atoms with Gasteiger partial charge < -0.3 is 21.1 Å². The lowest BCUT2D eigenvalue weighted by Crippen LogP contribution is -2.33. The van der Waals surface area contributed by atoms with Crippen LogP contribution in [-0.2, 0) is 11.2 Å². The molecular formula is C15H21N3O3. The molecule has 1 aromatic carbocycles. The zero-order valence-electron chi connectivity index (χ0n) is 11.9. The number of hydrogen-bond acceptors (Lipinski definition) is 3. The fraction of sp³-hybridized carbons (Fsp3) is 0.467. The van der Waals surface area contributed by atoms with Gasteiger partial charge in [0, 0.05) is 25.2 Å². The van der Waals surface area contributed by atoms with Gasteiger partial charge in [-0.15, -0.1) is 0 Å². The van der Waals surface area contributed by atoms with E-state index in [2.05, 4.69) is 5.32 Å². The summed E-state index contributed by atoms with van der Waals surface area (Å²) in [6.45, 7) is 2.03. The van der Waals surface area contributed by atoms with Crippen LogP contribution in [0.5, 0.6) is 0 Å². The summed E-state index contributed by atoms with van der Waals surface area (Å²) in [5, 5.41) is 11.5. The van der Waals surface area contributed by atoms with Crippen molar-refractivity contribution in [2.45, 2.75) is 19.3 Å². The first-order chi connectivity index (χ1) is 10.1. The van der Waals surface area contributed by atoms with E-state index in [1.165, 1.54) is 0 Å². The van der Waals surface area contributed by atoms with E-state index in [1.54, 1.807) is 11.0 Å². The summed E-state index contributed by atoms with van der Waals surface area (Å²) in [6, 6.07) is 7.18. The first-order valence-corrected chi connectivity index (χ1v) is 7.15. The quantitative estimate of drug-likeness (QED) is 0.766. The van der Waals surface area contributed by atoms with Gasteiger partial charge in [0.05, 0.1) is 0 Å². The van der Waals surface area contributed by atoms with Crippen molar-refractivity contribution in [1.29, 1.82) is 0 Å². The Morgan fingerprint density at radius 1 is 1.43 bits per heavy atom. The lowest BCUT2D eigenvalue weighted by Gasteiger charge is -2.17. The first-order valence-electron chi connectivity index (χ1n) is 7.15. The minimum atomic E-state index is -0.825. The highest BCUT2D eigenvalue weighted by Gasteiger charge is 2.25. The van der Waals surface area contributed by atoms with Gasteiger partial charge in [-0.05, 0) is 43.0 Å². The molecule has 21 heavy (non-hydrogen) atoms. The summed E-state index contributed by atoms with van der Waals surface area (Å²) in [4.78, 5) is 24.5. The van der Waals surface area contributed by atoms with Crippen LogP contribution in [0.2, 0.25) is 0 Å². The Labute approximate surface area is 123 Å². The van der Waals surface area contributed by atoms with Crippen LogP contribution in [-0.4, -0.2) is 41.6 Å². The summed E-state index contributed by atoms with van der Waals surface area (Å²) in [6.07, 6.45) is 1.49. The molecule has 0 radical (unpaired) electrons. The van der Waals surface area contributed by atoms with E-state index in [0.29, 0.717) is 31.1 Å². The van der Waals surface area contributed by atoms with Crippen LogP contribution in [0, 0.1) is 5.92 Å². The van der Waals surface area contributed by atoms with Gasteiger partial charge in [-0.1, -0.05) is 12.1 Å². The third-order valence-electron chi connectivity index (χ3n) is 3.71. The molecule has 6 nitrogen and oxygen atoms in total. The third-order valence-corrected chi connectivity index (χ3v) is 3.71. The predicted octanol–water partition coefficient (Wildman–Crippen LogP) is 1.52. The molecular weight excluding hydrogens is 270 g/mol. The number of carboxylic acid groups (broad SMARTS) is 1. The second-order valence-corrected chi connectivity index (χ2v) is 5.36. The number of carbonyl (C=O) groups excluding carboxylic acids is 1. The number of nitrogens with two attached hydrogens (primary N) is 1. The van der Waals surface area contributed by atoms with Crippen LogP contribution >= 0.6 is 0 Å². The minimum Gasteiger partial charge on any atom is -0.481 e. The van der Waals surface area contributed by atoms with Crippen LogP contribution in [0.25, 0.3) is 0 Å². The molecule has 114 valence electrons. The number of aryl methyl sites for hydroxylation is 1. The minimum absolute atomic E-state index is 0.0850. The lowest BCUT2D eigenvalue weighted by atomic mass is 10.1. The molecule has 6 heteroatoms. The molecule has 1 aliphatic rings. The van der Waals surface area contributed by atoms with Crippen molar-refractivity contribution in [3.8, 4) is 0 Å². The lowest BCUT2D eigenvalue weighted by molar-refractivity contribution is -0.136. The van der Waals surface area contributed by atoms with E-state index in [4.69, 9.17) is 10.8 Å². The number of nitrogens with one attached hydrogen (secondary N) is 1. The fourth-order valence-electron chi connectivity index (χ4n) is 2.47. The molecule has 0 saturated carbocycles. The van der Waals surface area contributed by atoms with Crippen LogP contribution in [0.15, 0.2) is 24.3 Å². The van der Waals surface area contributed by atoms with E-state index >= 15 is 0 Å². The second kappa shape index (κ2) is 7.08. The molecule has 0 spiro atoms. The molecule has 0 aliphatic carbocycles. The van der Waals surface area contributed by atoms with Gasteiger partial charge in [0.1, 0.15) is 0 Å². The average molecular weight is 291 g/mol. The van der Waals surface area contributed by atoms with Crippen molar-refractivity contribution in [3.05, 3.63) is 29.8 Å². The summed E-state index contributed by atoms with van der Waals surface area (Å²) in [7, 11) is 0. The zero-order chi connectivity index (χ0) is 15.2. The normalized spacial score (nSPS) is 17.8. The molecule has 0 aromatic heterocycles. The number of rotatable bonds is 5. The van der Waals surface area contributed by atoms with Crippen molar-refractivity contribution in [2.75, 3.05) is 25.0 Å².